The van der Waals surface area contributed by atoms with Gasteiger partial charge in [-0.3, -0.25) is 37.6 Å². The fraction of sp³-hybridized carbons (Fsp3) is 0.939. The van der Waals surface area contributed by atoms with E-state index in [0.29, 0.717) is 21.3 Å². The molecule has 0 aromatic rings. The van der Waals surface area contributed by atoms with Crippen molar-refractivity contribution in [3.05, 3.63) is 0 Å². The fourth-order valence-corrected chi connectivity index (χ4v) is 13.2. The Morgan fingerprint density at radius 3 is 0.938 bits per heavy atom. The van der Waals surface area contributed by atoms with Crippen molar-refractivity contribution in [2.24, 2.45) is 0 Å². The summed E-state index contributed by atoms with van der Waals surface area (Å²) in [5.74, 6) is -5.55. The van der Waals surface area contributed by atoms with Crippen molar-refractivity contribution in [1.82, 2.24) is 0 Å². The summed E-state index contributed by atoms with van der Waals surface area (Å²) in [5.41, 5.74) is 0. The van der Waals surface area contributed by atoms with E-state index in [9.17, 15) is 152 Å². The molecule has 5 heterocycles. The number of rotatable bonds is 34. The zero-order valence-electron chi connectivity index (χ0n) is 46.8. The largest absolute Gasteiger partial charge is 0.726 e. The first-order chi connectivity index (χ1) is 43.9. The number of carboxylic acid groups (broad SMARTS) is 2. The van der Waals surface area contributed by atoms with E-state index in [4.69, 9.17) is 56.8 Å². The molecule has 5 saturated heterocycles. The molecule has 55 nitrogen and oxygen atoms in total. The first-order valence-corrected chi connectivity index (χ1v) is 36.5. The van der Waals surface area contributed by atoms with Crippen molar-refractivity contribution in [3.8, 4) is 0 Å². The molecule has 0 aromatic carbocycles. The van der Waals surface area contributed by atoms with E-state index >= 15 is 0 Å². The Kier molecular flexibility index (Phi) is 28.4. The SMILES string of the molecule is CO[C@H]1O[C@H](COS(=O)(=O)[O-])[C@@H](O[C@@H]2O[C@@H](C(=O)[O-])[C@@H](O[C@H]3O[C@H](COS(=O)(=O)[O-])[C@@H](O[C@@H]4O[C@H](C(=O)[O-])[C@@H](O[C@H]5O[C@H](COS(=O)(=O)[O-])[C@@H](O)[C@H](O)[C@H]5OS(=O)(=O)[O-])[C@H](OC)[C@H]4O)[C@H](OS(=O)(=O)[O-])[C@H]3OS(=O)(=O)[O-])[C@H](OC)[C@H]2OS(=O)(=O)[O-])[C@H](OS(=O)(=O)[O-])[C@H]1OS(=O)(=O)[O-]. The highest BCUT2D eigenvalue weighted by molar-refractivity contribution is 7.82. The Labute approximate surface area is 544 Å². The third-order valence-corrected chi connectivity index (χ3v) is 16.8. The zero-order chi connectivity index (χ0) is 74.1. The van der Waals surface area contributed by atoms with E-state index in [1.54, 1.807) is 0 Å². The molecule has 0 saturated carbocycles. The van der Waals surface area contributed by atoms with Crippen LogP contribution in [-0.4, -0.2) is 339 Å². The number of methoxy groups -OCH3 is 3. The van der Waals surface area contributed by atoms with Crippen LogP contribution < -0.4 is 10.2 Å². The van der Waals surface area contributed by atoms with Crippen LogP contribution in [0.5, 0.6) is 0 Å². The third-order valence-electron chi connectivity index (χ3n) is 12.8. The molecular formula is C33H43O55S9-11. The normalized spacial score (nSPS) is 37.2. The Balaban J connectivity index is 1.67. The van der Waals surface area contributed by atoms with Gasteiger partial charge in [-0.25, -0.2) is 75.8 Å². The molecule has 0 bridgehead atoms. The average Bonchev–Trinajstić information content (AvgIpc) is 0.761. The summed E-state index contributed by atoms with van der Waals surface area (Å²) in [6.45, 7) is -5.70. The number of ether oxygens (including phenoxy) is 12. The average molecular weight is 1610 g/mol. The maximum absolute atomic E-state index is 13.1. The van der Waals surface area contributed by atoms with Crippen molar-refractivity contribution < 1.29 is 246 Å². The lowest BCUT2D eigenvalue weighted by Crippen LogP contribution is -2.70. The Hall–Kier alpha value is -2.83. The second-order valence-electron chi connectivity index (χ2n) is 19.0. The van der Waals surface area contributed by atoms with Crippen molar-refractivity contribution >= 4 is 106 Å². The number of carboxylic acids is 2. The van der Waals surface area contributed by atoms with Crippen molar-refractivity contribution in [3.63, 3.8) is 0 Å². The van der Waals surface area contributed by atoms with Crippen molar-refractivity contribution in [2.75, 3.05) is 41.2 Å². The summed E-state index contributed by atoms with van der Waals surface area (Å²) in [6, 6.07) is 0. The van der Waals surface area contributed by atoms with Crippen molar-refractivity contribution in [1.29, 1.82) is 0 Å². The maximum atomic E-state index is 13.1. The monoisotopic (exact) mass is 1610 g/mol. The van der Waals surface area contributed by atoms with Crippen LogP contribution in [0.25, 0.3) is 0 Å². The summed E-state index contributed by atoms with van der Waals surface area (Å²) in [5, 5.41) is 58.8. The molecule has 5 aliphatic heterocycles. The van der Waals surface area contributed by atoms with Crippen LogP contribution in [0.3, 0.4) is 0 Å². The van der Waals surface area contributed by atoms with Gasteiger partial charge in [0.2, 0.25) is 93.6 Å². The molecular weight excluding hydrogens is 1560 g/mol. The molecule has 0 amide bonds. The Bertz CT molecular complexity index is 3790. The van der Waals surface area contributed by atoms with Gasteiger partial charge >= 0.3 is 0 Å². The van der Waals surface area contributed by atoms with Gasteiger partial charge < -0.3 is 133 Å². The molecule has 64 heteroatoms. The minimum Gasteiger partial charge on any atom is -0.726 e. The summed E-state index contributed by atoms with van der Waals surface area (Å²) in [6.07, 6.45) is -77.1. The molecule has 25 atom stereocenters. The minimum absolute atomic E-state index is 0.299. The van der Waals surface area contributed by atoms with E-state index in [2.05, 4.69) is 37.6 Å². The van der Waals surface area contributed by atoms with Gasteiger partial charge in [0, 0.05) is 21.3 Å². The topological polar surface area (TPSA) is 850 Å². The number of hydrogen-bond donors (Lipinski definition) is 3. The highest BCUT2D eigenvalue weighted by Crippen LogP contribution is 2.41. The van der Waals surface area contributed by atoms with E-state index in [1.165, 1.54) is 0 Å². The summed E-state index contributed by atoms with van der Waals surface area (Å²) in [7, 11) is -55.6. The summed E-state index contributed by atoms with van der Waals surface area (Å²) < 4.78 is 423. The predicted molar refractivity (Wildman–Crippen MR) is 254 cm³/mol. The number of aliphatic carboxylic acids is 2. The molecule has 0 unspecified atom stereocenters. The van der Waals surface area contributed by atoms with Gasteiger partial charge in [-0.2, -0.15) is 0 Å². The van der Waals surface area contributed by atoms with Crippen LogP contribution in [-0.2, 0) is 198 Å². The van der Waals surface area contributed by atoms with Gasteiger partial charge in [-0.05, 0) is 0 Å². The van der Waals surface area contributed by atoms with Crippen LogP contribution in [0.2, 0.25) is 0 Å². The summed E-state index contributed by atoms with van der Waals surface area (Å²) >= 11 is 0. The lowest BCUT2D eigenvalue weighted by molar-refractivity contribution is -0.397. The molecule has 0 aliphatic carbocycles. The molecule has 0 spiro atoms. The predicted octanol–water partition coefficient (Wildman–Crippen LogP) is -17.1. The van der Waals surface area contributed by atoms with E-state index in [0.717, 1.165) is 0 Å². The van der Waals surface area contributed by atoms with Gasteiger partial charge in [0.25, 0.3) is 0 Å². The highest BCUT2D eigenvalue weighted by atomic mass is 32.3. The van der Waals surface area contributed by atoms with Crippen molar-refractivity contribution in [2.45, 2.75) is 154 Å². The van der Waals surface area contributed by atoms with E-state index in [1.807, 2.05) is 0 Å². The standard InChI is InChI=1S/C33H54O55S9/c1-68-15-12(36)29(81-22(27(37)38)18(15)79-31-16(83-92(50,51)52)11(35)10(34)7(74-31)4-71-89(41,42)43)77-13-9(6-73-91(47,48)49)76-32(26(88-97(65,66)67)21(13)85-94(56,57)58)80-19-17(69-2)24(86-95(59,60)61)33(82-23(19)28(39)40)78-14-8(5-72-90(44,45)46)75-30(70-3)25(87-96(62,63)64)20(14)84-93(53,54)55/h7-26,29-36H,4-6H2,1-3H3,(H,37,38)(H,39,40)(H,41,42,43)(H,44,45,46)(H,47,48,49)(H,50,51,52)(H,53,54,55)(H,56,57,58)(H,59,60,61)(H,62,63,64)(H,65,66,67)/p-11/t7-,8-,9-,10-,11+,12-,13-,14-,15-,16-,17+,18+,19+,20+,21+,22+,23-,24-,25-,26-,29-,30+,31-,32-,33-/m1/s1. The van der Waals surface area contributed by atoms with Crippen LogP contribution in [0, 0.1) is 0 Å². The first-order valence-electron chi connectivity index (χ1n) is 24.5. The Morgan fingerprint density at radius 2 is 0.577 bits per heavy atom. The van der Waals surface area contributed by atoms with Gasteiger partial charge in [0.1, 0.15) is 97.7 Å². The third kappa shape index (κ3) is 25.2. The van der Waals surface area contributed by atoms with Crippen LogP contribution >= 0.6 is 0 Å². The molecule has 5 aliphatic rings. The Morgan fingerprint density at radius 1 is 0.299 bits per heavy atom. The number of hydrogen-bond acceptors (Lipinski definition) is 55. The second-order valence-corrected chi connectivity index (χ2v) is 28.2. The molecule has 0 aromatic heterocycles. The first kappa shape index (κ1) is 84.8. The lowest BCUT2D eigenvalue weighted by Gasteiger charge is -2.52. The fourth-order valence-electron chi connectivity index (χ4n) is 9.40. The maximum Gasteiger partial charge on any atom is 0.218 e. The number of aliphatic hydroxyl groups excluding tert-OH is 3. The number of carbonyl (C=O) groups excluding carboxylic acids is 2. The lowest BCUT2D eigenvalue weighted by atomic mass is 9.95. The smallest absolute Gasteiger partial charge is 0.218 e. The second kappa shape index (κ2) is 32.5. The molecule has 3 N–H and O–H groups in total. The molecule has 5 fully saturated rings. The quantitative estimate of drug-likeness (QED) is 0.0398. The van der Waals surface area contributed by atoms with Crippen LogP contribution in [0.4, 0.5) is 0 Å². The highest BCUT2D eigenvalue weighted by Gasteiger charge is 2.61. The van der Waals surface area contributed by atoms with Gasteiger partial charge in [-0.1, -0.05) is 0 Å². The van der Waals surface area contributed by atoms with Gasteiger partial charge in [0.15, 0.2) is 55.9 Å². The molecule has 570 valence electrons. The van der Waals surface area contributed by atoms with E-state index < -0.39 is 279 Å². The zero-order valence-corrected chi connectivity index (χ0v) is 54.1. The molecule has 5 rings (SSSR count). The van der Waals surface area contributed by atoms with Crippen LogP contribution in [0.15, 0.2) is 0 Å². The number of aliphatic hydroxyl groups is 3. The van der Waals surface area contributed by atoms with Gasteiger partial charge in [-0.15, -0.1) is 0 Å². The van der Waals surface area contributed by atoms with Crippen LogP contribution in [0.1, 0.15) is 0 Å². The van der Waals surface area contributed by atoms with Gasteiger partial charge in [0.05, 0.1) is 31.8 Å². The minimum atomic E-state index is -6.75. The number of carbonyl (C=O) groups is 2. The summed E-state index contributed by atoms with van der Waals surface area (Å²) in [4.78, 5) is 25.9. The molecule has 0 radical (unpaired) electrons. The van der Waals surface area contributed by atoms with E-state index in [-0.39, 0.29) is 0 Å². The molecule has 97 heavy (non-hydrogen) atoms.